The van der Waals surface area contributed by atoms with Crippen LogP contribution in [0.2, 0.25) is 0 Å². The van der Waals surface area contributed by atoms with Gasteiger partial charge in [-0.2, -0.15) is 0 Å². The molecule has 2 rings (SSSR count). The molecule has 0 amide bonds. The molecular weight excluding hydrogens is 295 g/mol. The van der Waals surface area contributed by atoms with Crippen LogP contribution in [-0.2, 0) is 0 Å². The van der Waals surface area contributed by atoms with Crippen LogP contribution in [0.3, 0.4) is 0 Å². The van der Waals surface area contributed by atoms with Crippen LogP contribution in [0, 0.1) is 13.8 Å². The third-order valence-electron chi connectivity index (χ3n) is 1.88. The maximum absolute atomic E-state index is 2.08. The van der Waals surface area contributed by atoms with E-state index in [1.54, 1.807) is 0 Å². The summed E-state index contributed by atoms with van der Waals surface area (Å²) in [6.45, 7) is 4.17. The number of hydrogen-bond donors (Lipinski definition) is 0. The summed E-state index contributed by atoms with van der Waals surface area (Å²) in [5.74, 6) is 0. The molecule has 0 aliphatic carbocycles. The largest absolute Gasteiger partial charge is 0.107 e. The van der Waals surface area contributed by atoms with Gasteiger partial charge in [-0.15, -0.1) is 24.0 Å². The van der Waals surface area contributed by atoms with Gasteiger partial charge in [0.25, 0.3) is 0 Å². The Morgan fingerprint density at radius 2 is 0.800 bits per heavy atom. The smallest absolute Gasteiger partial charge is 0.0398 e. The Balaban J connectivity index is 0.000000245. The zero-order valence-electron chi connectivity index (χ0n) is 9.18. The Kier molecular flexibility index (Phi) is 8.01. The summed E-state index contributed by atoms with van der Waals surface area (Å²) in [6.07, 6.45) is 0. The lowest BCUT2D eigenvalue weighted by Crippen LogP contribution is -1.62. The second-order valence-corrected chi connectivity index (χ2v) is 3.31. The van der Waals surface area contributed by atoms with Crippen LogP contribution in [-0.4, -0.2) is 0 Å². The van der Waals surface area contributed by atoms with E-state index in [0.717, 1.165) is 0 Å². The van der Waals surface area contributed by atoms with Crippen molar-refractivity contribution in [1.82, 2.24) is 0 Å². The highest BCUT2D eigenvalue weighted by atomic mass is 127. The third kappa shape index (κ3) is 7.14. The molecule has 0 spiro atoms. The number of halogens is 1. The normalized spacial score (nSPS) is 8.13. The molecule has 0 bridgehead atoms. The van der Waals surface area contributed by atoms with Gasteiger partial charge in [-0.25, -0.2) is 0 Å². The molecule has 15 heavy (non-hydrogen) atoms. The predicted molar refractivity (Wildman–Crippen MR) is 77.8 cm³/mol. The van der Waals surface area contributed by atoms with Crippen molar-refractivity contribution < 1.29 is 0 Å². The summed E-state index contributed by atoms with van der Waals surface area (Å²) >= 11 is 0. The molecule has 0 radical (unpaired) electrons. The standard InChI is InChI=1S/2C7H8.HI/c2*1-7-5-3-2-4-6-7;/h2*2-6H,1H3;1H. The first-order valence-electron chi connectivity index (χ1n) is 4.82. The van der Waals surface area contributed by atoms with E-state index in [1.165, 1.54) is 11.1 Å². The van der Waals surface area contributed by atoms with E-state index in [0.29, 0.717) is 0 Å². The van der Waals surface area contributed by atoms with E-state index in [4.69, 9.17) is 0 Å². The van der Waals surface area contributed by atoms with Crippen LogP contribution < -0.4 is 0 Å². The highest BCUT2D eigenvalue weighted by Crippen LogP contribution is 1.92. The van der Waals surface area contributed by atoms with Crippen LogP contribution in [0.5, 0.6) is 0 Å². The Labute approximate surface area is 109 Å². The second kappa shape index (κ2) is 8.48. The van der Waals surface area contributed by atoms with E-state index < -0.39 is 0 Å². The summed E-state index contributed by atoms with van der Waals surface area (Å²) < 4.78 is 0. The molecule has 0 unspecified atom stereocenters. The highest BCUT2D eigenvalue weighted by molar-refractivity contribution is 14.0. The van der Waals surface area contributed by atoms with Gasteiger partial charge in [0.2, 0.25) is 0 Å². The molecule has 0 aliphatic heterocycles. The summed E-state index contributed by atoms with van der Waals surface area (Å²) in [6, 6.07) is 20.5. The molecule has 80 valence electrons. The van der Waals surface area contributed by atoms with Gasteiger partial charge in [0.1, 0.15) is 0 Å². The zero-order chi connectivity index (χ0) is 10.2. The number of hydrogen-bond acceptors (Lipinski definition) is 0. The maximum atomic E-state index is 2.08. The molecular formula is C14H17I. The molecule has 1 heteroatoms. The number of aryl methyl sites for hydroxylation is 2. The Bertz CT molecular complexity index is 303. The summed E-state index contributed by atoms with van der Waals surface area (Å²) in [7, 11) is 0. The van der Waals surface area contributed by atoms with E-state index in [9.17, 15) is 0 Å². The van der Waals surface area contributed by atoms with Gasteiger partial charge < -0.3 is 0 Å². The molecule has 2 aromatic carbocycles. The number of benzene rings is 2. The lowest BCUT2D eigenvalue weighted by Gasteiger charge is -1.82. The van der Waals surface area contributed by atoms with Crippen molar-refractivity contribution in [3.8, 4) is 0 Å². The Hall–Kier alpha value is -0.830. The van der Waals surface area contributed by atoms with Crippen LogP contribution in [0.25, 0.3) is 0 Å². The van der Waals surface area contributed by atoms with Crippen molar-refractivity contribution in [1.29, 1.82) is 0 Å². The van der Waals surface area contributed by atoms with E-state index in [1.807, 2.05) is 36.4 Å². The molecule has 0 fully saturated rings. The van der Waals surface area contributed by atoms with Crippen molar-refractivity contribution in [3.05, 3.63) is 71.8 Å². The highest BCUT2D eigenvalue weighted by Gasteiger charge is 1.72. The van der Waals surface area contributed by atoms with Crippen LogP contribution in [0.4, 0.5) is 0 Å². The van der Waals surface area contributed by atoms with Crippen molar-refractivity contribution in [2.24, 2.45) is 0 Å². The minimum Gasteiger partial charge on any atom is -0.107 e. The van der Waals surface area contributed by atoms with E-state index >= 15 is 0 Å². The van der Waals surface area contributed by atoms with Gasteiger partial charge in [-0.3, -0.25) is 0 Å². The molecule has 0 heterocycles. The minimum atomic E-state index is 0. The van der Waals surface area contributed by atoms with Crippen LogP contribution >= 0.6 is 24.0 Å². The lowest BCUT2D eigenvalue weighted by molar-refractivity contribution is 1.48. The lowest BCUT2D eigenvalue weighted by atomic mass is 10.2. The first-order valence-corrected chi connectivity index (χ1v) is 4.82. The quantitative estimate of drug-likeness (QED) is 0.623. The van der Waals surface area contributed by atoms with Crippen molar-refractivity contribution >= 4 is 24.0 Å². The summed E-state index contributed by atoms with van der Waals surface area (Å²) in [5.41, 5.74) is 2.64. The average molecular weight is 312 g/mol. The molecule has 0 nitrogen and oxygen atoms in total. The minimum absolute atomic E-state index is 0. The molecule has 0 atom stereocenters. The molecule has 0 N–H and O–H groups in total. The fraction of sp³-hybridized carbons (Fsp3) is 0.143. The van der Waals surface area contributed by atoms with Crippen molar-refractivity contribution in [2.45, 2.75) is 13.8 Å². The Morgan fingerprint density at radius 1 is 0.533 bits per heavy atom. The van der Waals surface area contributed by atoms with Crippen LogP contribution in [0.1, 0.15) is 11.1 Å². The first-order chi connectivity index (χ1) is 6.79. The predicted octanol–water partition coefficient (Wildman–Crippen LogP) is 4.61. The summed E-state index contributed by atoms with van der Waals surface area (Å²) in [5, 5.41) is 0. The monoisotopic (exact) mass is 312 g/mol. The molecule has 0 aliphatic rings. The first kappa shape index (κ1) is 14.2. The van der Waals surface area contributed by atoms with Gasteiger partial charge in [0.05, 0.1) is 0 Å². The van der Waals surface area contributed by atoms with Gasteiger partial charge in [-0.05, 0) is 13.8 Å². The fourth-order valence-corrected chi connectivity index (χ4v) is 1.07. The van der Waals surface area contributed by atoms with Crippen LogP contribution in [0.15, 0.2) is 60.7 Å². The molecule has 2 aromatic rings. The average Bonchev–Trinajstić information content (AvgIpc) is 2.21. The summed E-state index contributed by atoms with van der Waals surface area (Å²) in [4.78, 5) is 0. The SMILES string of the molecule is Cc1ccccc1.Cc1ccccc1.I. The van der Waals surface area contributed by atoms with Gasteiger partial charge in [0.15, 0.2) is 0 Å². The van der Waals surface area contributed by atoms with E-state index in [2.05, 4.69) is 38.1 Å². The Morgan fingerprint density at radius 3 is 0.933 bits per heavy atom. The maximum Gasteiger partial charge on any atom is -0.0398 e. The molecule has 0 saturated heterocycles. The number of rotatable bonds is 0. The fourth-order valence-electron chi connectivity index (χ4n) is 1.07. The van der Waals surface area contributed by atoms with Gasteiger partial charge >= 0.3 is 0 Å². The zero-order valence-corrected chi connectivity index (χ0v) is 11.5. The van der Waals surface area contributed by atoms with Gasteiger partial charge in [0, 0.05) is 0 Å². The third-order valence-corrected chi connectivity index (χ3v) is 1.88. The molecule has 0 saturated carbocycles. The molecule has 0 aromatic heterocycles. The van der Waals surface area contributed by atoms with Crippen molar-refractivity contribution in [3.63, 3.8) is 0 Å². The van der Waals surface area contributed by atoms with Crippen molar-refractivity contribution in [2.75, 3.05) is 0 Å². The topological polar surface area (TPSA) is 0 Å². The van der Waals surface area contributed by atoms with E-state index in [-0.39, 0.29) is 24.0 Å². The second-order valence-electron chi connectivity index (χ2n) is 3.31. The van der Waals surface area contributed by atoms with Gasteiger partial charge in [-0.1, -0.05) is 71.8 Å².